The van der Waals surface area contributed by atoms with E-state index in [1.165, 1.54) is 5.56 Å². The second kappa shape index (κ2) is 11.1. The number of hydrogen-bond acceptors (Lipinski definition) is 3. The zero-order valence-electron chi connectivity index (χ0n) is 11.4. The first-order valence-electron chi connectivity index (χ1n) is 5.88. The van der Waals surface area contributed by atoms with Crippen molar-refractivity contribution in [3.05, 3.63) is 35.4 Å². The molecule has 0 radical (unpaired) electrons. The summed E-state index contributed by atoms with van der Waals surface area (Å²) in [5, 5.41) is 2.77. The molecule has 0 aliphatic carbocycles. The first kappa shape index (κ1) is 20.5. The van der Waals surface area contributed by atoms with Crippen molar-refractivity contribution in [2.45, 2.75) is 20.0 Å². The average Bonchev–Trinajstić information content (AvgIpc) is 2.36. The molecule has 3 N–H and O–H groups in total. The number of rotatable bonds is 6. The van der Waals surface area contributed by atoms with Gasteiger partial charge in [-0.05, 0) is 24.7 Å². The van der Waals surface area contributed by atoms with E-state index in [1.54, 1.807) is 0 Å². The monoisotopic (exact) mass is 307 g/mol. The van der Waals surface area contributed by atoms with Crippen molar-refractivity contribution in [3.8, 4) is 0 Å². The highest BCUT2D eigenvalue weighted by atomic mass is 35.5. The van der Waals surface area contributed by atoms with E-state index in [0.717, 1.165) is 18.7 Å². The lowest BCUT2D eigenvalue weighted by molar-refractivity contribution is -0.119. The van der Waals surface area contributed by atoms with Gasteiger partial charge in [0.1, 0.15) is 0 Å². The molecule has 0 spiro atoms. The Morgan fingerprint density at radius 3 is 2.53 bits per heavy atom. The maximum absolute atomic E-state index is 11.0. The van der Waals surface area contributed by atoms with Gasteiger partial charge >= 0.3 is 0 Å². The molecule has 0 aromatic heterocycles. The molecular formula is C13H23Cl2N3O. The van der Waals surface area contributed by atoms with Crippen LogP contribution in [0, 0.1) is 0 Å². The molecule has 0 bridgehead atoms. The summed E-state index contributed by atoms with van der Waals surface area (Å²) in [5.74, 6) is -0.124. The van der Waals surface area contributed by atoms with E-state index in [0.29, 0.717) is 6.54 Å². The second-order valence-corrected chi connectivity index (χ2v) is 4.13. The van der Waals surface area contributed by atoms with Crippen LogP contribution in [0.1, 0.15) is 18.1 Å². The summed E-state index contributed by atoms with van der Waals surface area (Å²) in [5.41, 5.74) is 7.59. The van der Waals surface area contributed by atoms with Crippen molar-refractivity contribution in [2.24, 2.45) is 5.73 Å². The van der Waals surface area contributed by atoms with Crippen molar-refractivity contribution in [3.63, 3.8) is 0 Å². The van der Waals surface area contributed by atoms with Crippen LogP contribution in [0.2, 0.25) is 0 Å². The number of carbonyl (C=O) groups is 1. The number of nitrogens with one attached hydrogen (secondary N) is 1. The van der Waals surface area contributed by atoms with E-state index in [1.807, 2.05) is 12.1 Å². The minimum absolute atomic E-state index is 0. The van der Waals surface area contributed by atoms with Crippen molar-refractivity contribution in [1.82, 2.24) is 10.2 Å². The van der Waals surface area contributed by atoms with Crippen LogP contribution in [0.25, 0.3) is 0 Å². The molecule has 110 valence electrons. The quantitative estimate of drug-likeness (QED) is 0.838. The fourth-order valence-corrected chi connectivity index (χ4v) is 1.53. The number of halogens is 2. The maximum Gasteiger partial charge on any atom is 0.234 e. The van der Waals surface area contributed by atoms with Crippen molar-refractivity contribution in [2.75, 3.05) is 20.1 Å². The van der Waals surface area contributed by atoms with Crippen LogP contribution in [0.15, 0.2) is 24.3 Å². The van der Waals surface area contributed by atoms with Gasteiger partial charge in [-0.1, -0.05) is 31.2 Å². The van der Waals surface area contributed by atoms with Gasteiger partial charge in [0.2, 0.25) is 5.91 Å². The molecule has 1 rings (SSSR count). The molecule has 0 heterocycles. The molecular weight excluding hydrogens is 285 g/mol. The molecule has 1 aromatic rings. The Kier molecular flexibility index (Phi) is 11.9. The lowest BCUT2D eigenvalue weighted by Gasteiger charge is -2.14. The normalized spacial score (nSPS) is 9.47. The molecule has 4 nitrogen and oxygen atoms in total. The summed E-state index contributed by atoms with van der Waals surface area (Å²) >= 11 is 0. The van der Waals surface area contributed by atoms with Crippen LogP contribution >= 0.6 is 24.8 Å². The molecule has 19 heavy (non-hydrogen) atoms. The zero-order valence-corrected chi connectivity index (χ0v) is 13.0. The highest BCUT2D eigenvalue weighted by Gasteiger charge is 2.01. The van der Waals surface area contributed by atoms with Gasteiger partial charge in [0.05, 0.1) is 6.54 Å². The summed E-state index contributed by atoms with van der Waals surface area (Å²) in [4.78, 5) is 13.3. The Balaban J connectivity index is 0. The number of benzene rings is 1. The zero-order chi connectivity index (χ0) is 12.7. The number of amides is 1. The number of hydrogen-bond donors (Lipinski definition) is 2. The summed E-state index contributed by atoms with van der Waals surface area (Å²) in [6.45, 7) is 4.66. The molecule has 0 aliphatic heterocycles. The van der Waals surface area contributed by atoms with E-state index in [4.69, 9.17) is 5.73 Å². The first-order valence-corrected chi connectivity index (χ1v) is 5.88. The highest BCUT2D eigenvalue weighted by molar-refractivity contribution is 5.85. The van der Waals surface area contributed by atoms with Crippen LogP contribution in [-0.4, -0.2) is 30.9 Å². The van der Waals surface area contributed by atoms with Crippen LogP contribution in [-0.2, 0) is 17.9 Å². The van der Waals surface area contributed by atoms with Crippen molar-refractivity contribution < 1.29 is 4.79 Å². The van der Waals surface area contributed by atoms with Crippen LogP contribution in [0.4, 0.5) is 0 Å². The summed E-state index contributed by atoms with van der Waals surface area (Å²) in [6.07, 6.45) is 0. The molecule has 0 unspecified atom stereocenters. The van der Waals surface area contributed by atoms with E-state index < -0.39 is 0 Å². The fraction of sp³-hybridized carbons (Fsp3) is 0.462. The third-order valence-electron chi connectivity index (χ3n) is 2.66. The van der Waals surface area contributed by atoms with E-state index >= 15 is 0 Å². The van der Waals surface area contributed by atoms with Gasteiger partial charge in [-0.15, -0.1) is 24.8 Å². The van der Waals surface area contributed by atoms with Gasteiger partial charge in [-0.2, -0.15) is 0 Å². The lowest BCUT2D eigenvalue weighted by atomic mass is 10.1. The average molecular weight is 308 g/mol. The predicted molar refractivity (Wildman–Crippen MR) is 83.8 cm³/mol. The maximum atomic E-state index is 11.0. The molecule has 0 saturated heterocycles. The SMILES string of the molecule is CCN(C)Cc1cccc(CNC(=O)CN)c1.Cl.Cl. The van der Waals surface area contributed by atoms with Gasteiger partial charge < -0.3 is 16.0 Å². The number of nitrogens with two attached hydrogens (primary N) is 1. The first-order chi connectivity index (χ1) is 8.15. The topological polar surface area (TPSA) is 58.4 Å². The summed E-state index contributed by atoms with van der Waals surface area (Å²) in [6, 6.07) is 8.23. The Bertz CT molecular complexity index is 375. The second-order valence-electron chi connectivity index (χ2n) is 4.13. The smallest absolute Gasteiger partial charge is 0.234 e. The van der Waals surface area contributed by atoms with E-state index in [-0.39, 0.29) is 37.3 Å². The highest BCUT2D eigenvalue weighted by Crippen LogP contribution is 2.07. The lowest BCUT2D eigenvalue weighted by Crippen LogP contribution is -2.29. The largest absolute Gasteiger partial charge is 0.351 e. The third-order valence-corrected chi connectivity index (χ3v) is 2.66. The van der Waals surface area contributed by atoms with Crippen LogP contribution in [0.5, 0.6) is 0 Å². The van der Waals surface area contributed by atoms with E-state index in [9.17, 15) is 4.79 Å². The van der Waals surface area contributed by atoms with Crippen LogP contribution < -0.4 is 11.1 Å². The standard InChI is InChI=1S/C13H21N3O.2ClH/c1-3-16(2)10-12-6-4-5-11(7-12)9-15-13(17)8-14;;/h4-7H,3,8-10,14H2,1-2H3,(H,15,17);2*1H. The third kappa shape index (κ3) is 8.06. The van der Waals surface area contributed by atoms with Crippen molar-refractivity contribution >= 4 is 30.7 Å². The minimum atomic E-state index is -0.124. The summed E-state index contributed by atoms with van der Waals surface area (Å²) < 4.78 is 0. The predicted octanol–water partition coefficient (Wildman–Crippen LogP) is 1.56. The minimum Gasteiger partial charge on any atom is -0.351 e. The molecule has 6 heteroatoms. The van der Waals surface area contributed by atoms with Gasteiger partial charge in [0.15, 0.2) is 0 Å². The van der Waals surface area contributed by atoms with Gasteiger partial charge in [-0.25, -0.2) is 0 Å². The Hall–Kier alpha value is -0.810. The molecule has 1 aromatic carbocycles. The van der Waals surface area contributed by atoms with Crippen molar-refractivity contribution in [1.29, 1.82) is 0 Å². The van der Waals surface area contributed by atoms with E-state index in [2.05, 4.69) is 36.3 Å². The van der Waals surface area contributed by atoms with Gasteiger partial charge in [-0.3, -0.25) is 4.79 Å². The van der Waals surface area contributed by atoms with Gasteiger partial charge in [0.25, 0.3) is 0 Å². The molecule has 0 fully saturated rings. The molecule has 1 amide bonds. The fourth-order valence-electron chi connectivity index (χ4n) is 1.53. The number of nitrogens with zero attached hydrogens (tertiary/aromatic N) is 1. The Morgan fingerprint density at radius 1 is 1.32 bits per heavy atom. The Labute approximate surface area is 127 Å². The molecule has 0 saturated carbocycles. The van der Waals surface area contributed by atoms with Crippen LogP contribution in [0.3, 0.4) is 0 Å². The molecule has 0 atom stereocenters. The summed E-state index contributed by atoms with van der Waals surface area (Å²) in [7, 11) is 2.09. The molecule has 0 aliphatic rings. The van der Waals surface area contributed by atoms with Gasteiger partial charge in [0, 0.05) is 13.1 Å². The number of carbonyl (C=O) groups excluding carboxylic acids is 1. The Morgan fingerprint density at radius 2 is 1.95 bits per heavy atom.